The van der Waals surface area contributed by atoms with Gasteiger partial charge in [0.1, 0.15) is 0 Å². The van der Waals surface area contributed by atoms with Gasteiger partial charge in [-0.3, -0.25) is 0 Å². The van der Waals surface area contributed by atoms with Gasteiger partial charge in [0.05, 0.1) is 6.61 Å². The largest absolute Gasteiger partial charge is 0.462 e. The van der Waals surface area contributed by atoms with E-state index in [2.05, 4.69) is 41.3 Å². The van der Waals surface area contributed by atoms with E-state index in [9.17, 15) is 4.79 Å². The van der Waals surface area contributed by atoms with Crippen molar-refractivity contribution in [2.75, 3.05) is 11.0 Å². The molecular formula is C12H19IO2. The number of carbonyl (C=O) groups excluding carboxylic acids is 1. The highest BCUT2D eigenvalue weighted by atomic mass is 127. The molecule has 0 saturated heterocycles. The lowest BCUT2D eigenvalue weighted by Crippen LogP contribution is -2.00. The second kappa shape index (κ2) is 11.8. The van der Waals surface area contributed by atoms with Crippen LogP contribution >= 0.6 is 22.6 Å². The molecule has 0 bridgehead atoms. The standard InChI is InChI=1S/C12H19IO2/c1-2-12(14)15-11-9-7-5-3-4-6-8-10-13/h2,5,7H,1,3-4,6,8-11H2/b7-5-. The van der Waals surface area contributed by atoms with Gasteiger partial charge in [-0.15, -0.1) is 0 Å². The first kappa shape index (κ1) is 14.7. The molecule has 15 heavy (non-hydrogen) atoms. The SMILES string of the molecule is C=CC(=O)OCC/C=C\CCCCCI. The van der Waals surface area contributed by atoms with Gasteiger partial charge in [-0.05, 0) is 30.1 Å². The molecule has 0 atom stereocenters. The van der Waals surface area contributed by atoms with Crippen LogP contribution in [0.3, 0.4) is 0 Å². The van der Waals surface area contributed by atoms with Crippen molar-refractivity contribution >= 4 is 28.6 Å². The fraction of sp³-hybridized carbons (Fsp3) is 0.583. The van der Waals surface area contributed by atoms with E-state index in [-0.39, 0.29) is 5.97 Å². The summed E-state index contributed by atoms with van der Waals surface area (Å²) in [4.78, 5) is 10.7. The maximum absolute atomic E-state index is 10.7. The van der Waals surface area contributed by atoms with Gasteiger partial charge >= 0.3 is 5.97 Å². The van der Waals surface area contributed by atoms with E-state index >= 15 is 0 Å². The van der Waals surface area contributed by atoms with E-state index in [1.165, 1.54) is 29.8 Å². The molecule has 0 aliphatic rings. The van der Waals surface area contributed by atoms with Crippen molar-refractivity contribution in [2.24, 2.45) is 0 Å². The lowest BCUT2D eigenvalue weighted by Gasteiger charge is -1.97. The molecule has 0 aromatic heterocycles. The van der Waals surface area contributed by atoms with Gasteiger partial charge in [-0.1, -0.05) is 47.7 Å². The highest BCUT2D eigenvalue weighted by molar-refractivity contribution is 14.1. The molecule has 0 fully saturated rings. The van der Waals surface area contributed by atoms with Crippen molar-refractivity contribution in [1.29, 1.82) is 0 Å². The van der Waals surface area contributed by atoms with Gasteiger partial charge in [0, 0.05) is 6.08 Å². The zero-order valence-electron chi connectivity index (χ0n) is 9.08. The number of esters is 1. The van der Waals surface area contributed by atoms with Crippen LogP contribution in [0, 0.1) is 0 Å². The smallest absolute Gasteiger partial charge is 0.330 e. The third-order valence-corrected chi connectivity index (χ3v) is 2.63. The van der Waals surface area contributed by atoms with Crippen LogP contribution in [0.25, 0.3) is 0 Å². The lowest BCUT2D eigenvalue weighted by molar-refractivity contribution is -0.137. The van der Waals surface area contributed by atoms with Crippen molar-refractivity contribution in [3.8, 4) is 0 Å². The second-order valence-corrected chi connectivity index (χ2v) is 4.25. The number of ether oxygens (including phenoxy) is 1. The summed E-state index contributed by atoms with van der Waals surface area (Å²) in [5.74, 6) is -0.342. The molecule has 0 aromatic rings. The van der Waals surface area contributed by atoms with Crippen molar-refractivity contribution in [3.63, 3.8) is 0 Å². The Morgan fingerprint density at radius 1 is 1.20 bits per heavy atom. The average Bonchev–Trinajstić information content (AvgIpc) is 2.26. The summed E-state index contributed by atoms with van der Waals surface area (Å²) in [5.41, 5.74) is 0. The first-order valence-electron chi connectivity index (χ1n) is 5.31. The summed E-state index contributed by atoms with van der Waals surface area (Å²) in [6, 6.07) is 0. The van der Waals surface area contributed by atoms with Crippen LogP contribution < -0.4 is 0 Å². The molecule has 0 spiro atoms. The minimum Gasteiger partial charge on any atom is -0.462 e. The maximum atomic E-state index is 10.7. The third-order valence-electron chi connectivity index (χ3n) is 1.87. The van der Waals surface area contributed by atoms with Crippen molar-refractivity contribution in [1.82, 2.24) is 0 Å². The molecule has 2 nitrogen and oxygen atoms in total. The van der Waals surface area contributed by atoms with E-state index in [0.29, 0.717) is 6.61 Å². The molecule has 0 N–H and O–H groups in total. The number of unbranched alkanes of at least 4 members (excludes halogenated alkanes) is 3. The molecule has 0 rings (SSSR count). The van der Waals surface area contributed by atoms with Crippen molar-refractivity contribution < 1.29 is 9.53 Å². The Hall–Kier alpha value is -0.320. The zero-order valence-corrected chi connectivity index (χ0v) is 11.2. The predicted molar refractivity (Wildman–Crippen MR) is 72.3 cm³/mol. The van der Waals surface area contributed by atoms with Crippen LogP contribution in [-0.2, 0) is 9.53 Å². The highest BCUT2D eigenvalue weighted by Gasteiger charge is 1.91. The van der Waals surface area contributed by atoms with E-state index in [4.69, 9.17) is 4.74 Å². The van der Waals surface area contributed by atoms with E-state index in [1.54, 1.807) is 0 Å². The van der Waals surface area contributed by atoms with Gasteiger partial charge in [0.2, 0.25) is 0 Å². The van der Waals surface area contributed by atoms with Crippen LogP contribution in [0.5, 0.6) is 0 Å². The van der Waals surface area contributed by atoms with Crippen LogP contribution in [0.4, 0.5) is 0 Å². The number of carbonyl (C=O) groups is 1. The summed E-state index contributed by atoms with van der Waals surface area (Å²) in [6.07, 6.45) is 11.2. The Morgan fingerprint density at radius 3 is 2.60 bits per heavy atom. The summed E-state index contributed by atoms with van der Waals surface area (Å²) in [7, 11) is 0. The van der Waals surface area contributed by atoms with Gasteiger partial charge in [0.25, 0.3) is 0 Å². The van der Waals surface area contributed by atoms with Gasteiger partial charge in [-0.25, -0.2) is 4.79 Å². The Balaban J connectivity index is 3.17. The molecule has 0 heterocycles. The molecule has 86 valence electrons. The normalized spacial score (nSPS) is 10.5. The summed E-state index contributed by atoms with van der Waals surface area (Å²) in [6.45, 7) is 3.78. The van der Waals surface area contributed by atoms with Crippen LogP contribution in [0.1, 0.15) is 32.1 Å². The molecular weight excluding hydrogens is 303 g/mol. The minimum atomic E-state index is -0.342. The number of alkyl halides is 1. The fourth-order valence-electron chi connectivity index (χ4n) is 1.06. The molecule has 0 radical (unpaired) electrons. The van der Waals surface area contributed by atoms with Crippen LogP contribution in [0.2, 0.25) is 0 Å². The van der Waals surface area contributed by atoms with Gasteiger partial charge in [-0.2, -0.15) is 0 Å². The highest BCUT2D eigenvalue weighted by Crippen LogP contribution is 2.03. The molecule has 0 aliphatic heterocycles. The van der Waals surface area contributed by atoms with E-state index in [1.807, 2.05) is 0 Å². The van der Waals surface area contributed by atoms with Crippen molar-refractivity contribution in [3.05, 3.63) is 24.8 Å². The molecule has 0 saturated carbocycles. The van der Waals surface area contributed by atoms with Crippen LogP contribution in [-0.4, -0.2) is 17.0 Å². The minimum absolute atomic E-state index is 0.342. The predicted octanol–water partition coefficient (Wildman–Crippen LogP) is 3.66. The third kappa shape index (κ3) is 11.6. The fourth-order valence-corrected chi connectivity index (χ4v) is 1.60. The summed E-state index contributed by atoms with van der Waals surface area (Å²) in [5, 5.41) is 0. The molecule has 0 aliphatic carbocycles. The summed E-state index contributed by atoms with van der Waals surface area (Å²) < 4.78 is 6.08. The number of allylic oxidation sites excluding steroid dienone is 1. The Labute approximate surface area is 106 Å². The lowest BCUT2D eigenvalue weighted by atomic mass is 10.2. The Kier molecular flexibility index (Phi) is 11.5. The first-order chi connectivity index (χ1) is 7.31. The molecule has 0 amide bonds. The Morgan fingerprint density at radius 2 is 1.93 bits per heavy atom. The average molecular weight is 322 g/mol. The first-order valence-corrected chi connectivity index (χ1v) is 6.84. The number of halogens is 1. The number of rotatable bonds is 9. The monoisotopic (exact) mass is 322 g/mol. The topological polar surface area (TPSA) is 26.3 Å². The quantitative estimate of drug-likeness (QED) is 0.162. The summed E-state index contributed by atoms with van der Waals surface area (Å²) >= 11 is 2.40. The van der Waals surface area contributed by atoms with Gasteiger partial charge < -0.3 is 4.74 Å². The van der Waals surface area contributed by atoms with Crippen LogP contribution in [0.15, 0.2) is 24.8 Å². The van der Waals surface area contributed by atoms with Crippen molar-refractivity contribution in [2.45, 2.75) is 32.1 Å². The second-order valence-electron chi connectivity index (χ2n) is 3.17. The molecule has 3 heteroatoms. The van der Waals surface area contributed by atoms with E-state index in [0.717, 1.165) is 12.8 Å². The number of hydrogen-bond acceptors (Lipinski definition) is 2. The zero-order chi connectivity index (χ0) is 11.4. The van der Waals surface area contributed by atoms with E-state index < -0.39 is 0 Å². The Bertz CT molecular complexity index is 200. The van der Waals surface area contributed by atoms with Gasteiger partial charge in [0.15, 0.2) is 0 Å². The maximum Gasteiger partial charge on any atom is 0.330 e. The number of hydrogen-bond donors (Lipinski definition) is 0. The molecule has 0 unspecified atom stereocenters. The molecule has 0 aromatic carbocycles.